The summed E-state index contributed by atoms with van der Waals surface area (Å²) in [7, 11) is 4.63. The molecule has 1 aliphatic rings. The van der Waals surface area contributed by atoms with Crippen LogP contribution < -0.4 is 14.2 Å². The lowest BCUT2D eigenvalue weighted by molar-refractivity contribution is 0.136. The highest BCUT2D eigenvalue weighted by molar-refractivity contribution is 5.54. The largest absolute Gasteiger partial charge is 0.493 e. The number of hydrogen-bond acceptors (Lipinski definition) is 5. The van der Waals surface area contributed by atoms with E-state index in [0.29, 0.717) is 29.4 Å². The Hall–Kier alpha value is -1.46. The summed E-state index contributed by atoms with van der Waals surface area (Å²) < 4.78 is 20.7. The Balaban J connectivity index is 2.40. The minimum absolute atomic E-state index is 0.127. The van der Waals surface area contributed by atoms with E-state index in [1.807, 2.05) is 0 Å². The molecule has 1 aliphatic heterocycles. The van der Waals surface area contributed by atoms with Gasteiger partial charge in [-0.2, -0.15) is 0 Å². The van der Waals surface area contributed by atoms with Crippen LogP contribution in [-0.2, 0) is 4.74 Å². The predicted octanol–water partition coefficient (Wildman–Crippen LogP) is 1.14. The van der Waals surface area contributed by atoms with Gasteiger partial charge in [-0.05, 0) is 17.7 Å². The Labute approximate surface area is 99.9 Å². The van der Waals surface area contributed by atoms with Crippen LogP contribution in [0.25, 0.3) is 0 Å². The minimum atomic E-state index is -0.663. The fourth-order valence-electron chi connectivity index (χ4n) is 1.72. The van der Waals surface area contributed by atoms with Crippen molar-refractivity contribution in [2.45, 2.75) is 12.2 Å². The molecule has 94 valence electrons. The molecular weight excluding hydrogens is 224 g/mol. The average molecular weight is 240 g/mol. The maximum Gasteiger partial charge on any atom is 0.203 e. The van der Waals surface area contributed by atoms with Crippen LogP contribution in [0.3, 0.4) is 0 Å². The van der Waals surface area contributed by atoms with Crippen LogP contribution >= 0.6 is 0 Å². The summed E-state index contributed by atoms with van der Waals surface area (Å²) in [6.07, 6.45) is -0.790. The van der Waals surface area contributed by atoms with Gasteiger partial charge in [-0.15, -0.1) is 0 Å². The van der Waals surface area contributed by atoms with Crippen molar-refractivity contribution in [3.63, 3.8) is 0 Å². The maximum atomic E-state index is 9.99. The van der Waals surface area contributed by atoms with Gasteiger partial charge in [0.2, 0.25) is 5.75 Å². The van der Waals surface area contributed by atoms with Crippen molar-refractivity contribution in [2.75, 3.05) is 27.9 Å². The van der Waals surface area contributed by atoms with Crippen LogP contribution in [0.4, 0.5) is 0 Å². The van der Waals surface area contributed by atoms with Gasteiger partial charge in [0.05, 0.1) is 27.9 Å². The number of epoxide rings is 1. The van der Waals surface area contributed by atoms with E-state index in [-0.39, 0.29) is 6.10 Å². The summed E-state index contributed by atoms with van der Waals surface area (Å²) in [5.41, 5.74) is 0.696. The van der Waals surface area contributed by atoms with Crippen LogP contribution in [0.15, 0.2) is 12.1 Å². The quantitative estimate of drug-likeness (QED) is 0.782. The molecule has 1 aromatic carbocycles. The summed E-state index contributed by atoms with van der Waals surface area (Å²) in [5.74, 6) is 1.57. The summed E-state index contributed by atoms with van der Waals surface area (Å²) >= 11 is 0. The number of aliphatic hydroxyl groups is 1. The lowest BCUT2D eigenvalue weighted by Crippen LogP contribution is -2.06. The molecule has 2 rings (SSSR count). The smallest absolute Gasteiger partial charge is 0.203 e. The van der Waals surface area contributed by atoms with Crippen LogP contribution in [0, 0.1) is 0 Å². The molecule has 1 aromatic rings. The SMILES string of the molecule is COc1cc([C@@H](O)C2CO2)cc(OC)c1OC. The van der Waals surface area contributed by atoms with Crippen LogP contribution in [0.5, 0.6) is 17.2 Å². The number of aliphatic hydroxyl groups excluding tert-OH is 1. The van der Waals surface area contributed by atoms with Gasteiger partial charge >= 0.3 is 0 Å². The number of rotatable bonds is 5. The van der Waals surface area contributed by atoms with Crippen molar-refractivity contribution >= 4 is 0 Å². The Morgan fingerprint density at radius 1 is 1.18 bits per heavy atom. The Morgan fingerprint density at radius 2 is 1.71 bits per heavy atom. The molecule has 1 N–H and O–H groups in total. The summed E-state index contributed by atoms with van der Waals surface area (Å²) in [4.78, 5) is 0. The van der Waals surface area contributed by atoms with Gasteiger partial charge in [0.25, 0.3) is 0 Å². The summed E-state index contributed by atoms with van der Waals surface area (Å²) in [6, 6.07) is 3.46. The molecule has 17 heavy (non-hydrogen) atoms. The van der Waals surface area contributed by atoms with Gasteiger partial charge in [-0.3, -0.25) is 0 Å². The maximum absolute atomic E-state index is 9.99. The van der Waals surface area contributed by atoms with Crippen LogP contribution in [0.2, 0.25) is 0 Å². The van der Waals surface area contributed by atoms with E-state index in [1.165, 1.54) is 0 Å². The molecule has 2 atom stereocenters. The van der Waals surface area contributed by atoms with Crippen molar-refractivity contribution < 1.29 is 24.1 Å². The topological polar surface area (TPSA) is 60.5 Å². The third-order valence-electron chi connectivity index (χ3n) is 2.74. The molecule has 1 fully saturated rings. The van der Waals surface area contributed by atoms with E-state index in [0.717, 1.165) is 0 Å². The molecule has 0 bridgehead atoms. The van der Waals surface area contributed by atoms with Crippen molar-refractivity contribution in [1.82, 2.24) is 0 Å². The Kier molecular flexibility index (Phi) is 3.40. The van der Waals surface area contributed by atoms with Crippen LogP contribution in [-0.4, -0.2) is 39.1 Å². The zero-order valence-electron chi connectivity index (χ0n) is 10.1. The fraction of sp³-hybridized carbons (Fsp3) is 0.500. The standard InChI is InChI=1S/C12H16O5/c1-14-8-4-7(11(13)10-6-17-10)5-9(15-2)12(8)16-3/h4-5,10-11,13H,6H2,1-3H3/t10?,11-/m1/s1. The van der Waals surface area contributed by atoms with Gasteiger partial charge in [0.15, 0.2) is 11.5 Å². The molecule has 0 saturated carbocycles. The molecule has 0 aromatic heterocycles. The summed E-state index contributed by atoms with van der Waals surface area (Å²) in [5, 5.41) is 9.99. The minimum Gasteiger partial charge on any atom is -0.493 e. The molecule has 1 unspecified atom stereocenters. The highest BCUT2D eigenvalue weighted by atomic mass is 16.6. The normalized spacial score (nSPS) is 19.6. The van der Waals surface area contributed by atoms with Crippen molar-refractivity contribution in [2.24, 2.45) is 0 Å². The van der Waals surface area contributed by atoms with Crippen molar-refractivity contribution in [3.05, 3.63) is 17.7 Å². The molecule has 0 radical (unpaired) electrons. The predicted molar refractivity (Wildman–Crippen MR) is 60.8 cm³/mol. The van der Waals surface area contributed by atoms with E-state index < -0.39 is 6.10 Å². The zero-order valence-corrected chi connectivity index (χ0v) is 10.1. The van der Waals surface area contributed by atoms with Crippen molar-refractivity contribution in [3.8, 4) is 17.2 Å². The molecule has 5 nitrogen and oxygen atoms in total. The molecular formula is C12H16O5. The first-order valence-electron chi connectivity index (χ1n) is 5.30. The van der Waals surface area contributed by atoms with E-state index in [1.54, 1.807) is 33.5 Å². The molecule has 0 amide bonds. The highest BCUT2D eigenvalue weighted by Gasteiger charge is 2.33. The van der Waals surface area contributed by atoms with Crippen molar-refractivity contribution in [1.29, 1.82) is 0 Å². The molecule has 1 heterocycles. The van der Waals surface area contributed by atoms with E-state index in [4.69, 9.17) is 18.9 Å². The first-order chi connectivity index (χ1) is 8.21. The van der Waals surface area contributed by atoms with Gasteiger partial charge in [0.1, 0.15) is 12.2 Å². The molecule has 1 saturated heterocycles. The van der Waals surface area contributed by atoms with E-state index in [2.05, 4.69) is 0 Å². The second-order valence-corrected chi connectivity index (χ2v) is 3.78. The van der Waals surface area contributed by atoms with Gasteiger partial charge in [0, 0.05) is 0 Å². The highest BCUT2D eigenvalue weighted by Crippen LogP contribution is 2.41. The molecule has 5 heteroatoms. The second kappa shape index (κ2) is 4.81. The zero-order chi connectivity index (χ0) is 12.4. The lowest BCUT2D eigenvalue weighted by Gasteiger charge is -2.16. The van der Waals surface area contributed by atoms with E-state index in [9.17, 15) is 5.11 Å². The second-order valence-electron chi connectivity index (χ2n) is 3.78. The molecule has 0 aliphatic carbocycles. The monoisotopic (exact) mass is 240 g/mol. The summed E-state index contributed by atoms with van der Waals surface area (Å²) in [6.45, 7) is 0.581. The number of benzene rings is 1. The molecule has 0 spiro atoms. The van der Waals surface area contributed by atoms with Gasteiger partial charge in [-0.1, -0.05) is 0 Å². The average Bonchev–Trinajstić information content (AvgIpc) is 3.20. The third kappa shape index (κ3) is 2.30. The first kappa shape index (κ1) is 12.0. The van der Waals surface area contributed by atoms with E-state index >= 15 is 0 Å². The lowest BCUT2D eigenvalue weighted by atomic mass is 10.1. The van der Waals surface area contributed by atoms with Gasteiger partial charge < -0.3 is 24.1 Å². The first-order valence-corrected chi connectivity index (χ1v) is 5.30. The number of hydrogen-bond donors (Lipinski definition) is 1. The number of methoxy groups -OCH3 is 3. The Morgan fingerprint density at radius 3 is 2.06 bits per heavy atom. The number of ether oxygens (including phenoxy) is 4. The Bertz CT molecular complexity index is 375. The fourth-order valence-corrected chi connectivity index (χ4v) is 1.72. The van der Waals surface area contributed by atoms with Gasteiger partial charge in [-0.25, -0.2) is 0 Å². The third-order valence-corrected chi connectivity index (χ3v) is 2.74. The van der Waals surface area contributed by atoms with Crippen LogP contribution in [0.1, 0.15) is 11.7 Å².